The lowest BCUT2D eigenvalue weighted by atomic mass is 10.1. The minimum Gasteiger partial charge on any atom is -0.375 e. The van der Waals surface area contributed by atoms with E-state index in [1.165, 1.54) is 11.3 Å². The first-order valence-corrected chi connectivity index (χ1v) is 8.11. The number of nitrogens with one attached hydrogen (secondary N) is 1. The van der Waals surface area contributed by atoms with Crippen molar-refractivity contribution in [3.63, 3.8) is 0 Å². The Bertz CT molecular complexity index is 750. The Labute approximate surface area is 130 Å². The number of carbonyl (C=O) groups excluding carboxylic acids is 1. The lowest BCUT2D eigenvalue weighted by Crippen LogP contribution is -2.14. The van der Waals surface area contributed by atoms with Gasteiger partial charge < -0.3 is 11.1 Å². The summed E-state index contributed by atoms with van der Waals surface area (Å²) in [6, 6.07) is 11.5. The maximum absolute atomic E-state index is 12.1. The van der Waals surface area contributed by atoms with Crippen molar-refractivity contribution in [1.82, 2.24) is 4.98 Å². The standard InChI is InChI=1S/C15H13N3OS2/c16-15-18-13(9-21-15)11-5-1-2-6-12(11)17-14(19)8-10-4-3-7-20-10/h1-7,9H,8H2,(H2,16,18)(H,17,19). The predicted molar refractivity (Wildman–Crippen MR) is 88.6 cm³/mol. The molecule has 0 unspecified atom stereocenters. The SMILES string of the molecule is Nc1nc(-c2ccccc2NC(=O)Cc2cccs2)cs1. The third-order valence-electron chi connectivity index (χ3n) is 2.91. The maximum atomic E-state index is 12.1. The van der Waals surface area contributed by atoms with Gasteiger partial charge >= 0.3 is 0 Å². The van der Waals surface area contributed by atoms with E-state index in [1.807, 2.05) is 47.2 Å². The molecule has 1 amide bonds. The van der Waals surface area contributed by atoms with Gasteiger partial charge in [-0.1, -0.05) is 24.3 Å². The van der Waals surface area contributed by atoms with E-state index in [4.69, 9.17) is 5.73 Å². The number of para-hydroxylation sites is 1. The van der Waals surface area contributed by atoms with Gasteiger partial charge in [0.2, 0.25) is 5.91 Å². The molecule has 6 heteroatoms. The van der Waals surface area contributed by atoms with Crippen molar-refractivity contribution in [1.29, 1.82) is 0 Å². The number of thiophene rings is 1. The van der Waals surface area contributed by atoms with Gasteiger partial charge in [0, 0.05) is 15.8 Å². The van der Waals surface area contributed by atoms with Gasteiger partial charge in [-0.2, -0.15) is 0 Å². The Morgan fingerprint density at radius 2 is 2.05 bits per heavy atom. The lowest BCUT2D eigenvalue weighted by molar-refractivity contribution is -0.115. The van der Waals surface area contributed by atoms with Crippen LogP contribution >= 0.6 is 22.7 Å². The van der Waals surface area contributed by atoms with Crippen LogP contribution in [0.4, 0.5) is 10.8 Å². The Kier molecular flexibility index (Phi) is 3.98. The number of benzene rings is 1. The highest BCUT2D eigenvalue weighted by atomic mass is 32.1. The third kappa shape index (κ3) is 3.29. The highest BCUT2D eigenvalue weighted by molar-refractivity contribution is 7.13. The van der Waals surface area contributed by atoms with Gasteiger partial charge in [0.15, 0.2) is 5.13 Å². The van der Waals surface area contributed by atoms with Crippen molar-refractivity contribution in [3.8, 4) is 11.3 Å². The van der Waals surface area contributed by atoms with Crippen LogP contribution in [0, 0.1) is 0 Å². The summed E-state index contributed by atoms with van der Waals surface area (Å²) >= 11 is 2.96. The normalized spacial score (nSPS) is 10.5. The molecule has 3 N–H and O–H groups in total. The van der Waals surface area contributed by atoms with Gasteiger partial charge in [-0.3, -0.25) is 4.79 Å². The van der Waals surface area contributed by atoms with Crippen LogP contribution in [0.1, 0.15) is 4.88 Å². The average molecular weight is 315 g/mol. The number of hydrogen-bond acceptors (Lipinski definition) is 5. The van der Waals surface area contributed by atoms with Gasteiger partial charge in [0.05, 0.1) is 17.8 Å². The molecule has 0 aliphatic heterocycles. The van der Waals surface area contributed by atoms with Gasteiger partial charge in [0.1, 0.15) is 0 Å². The van der Waals surface area contributed by atoms with Crippen LogP contribution in [-0.2, 0) is 11.2 Å². The largest absolute Gasteiger partial charge is 0.375 e. The molecule has 0 fully saturated rings. The number of nitrogens with zero attached hydrogens (tertiary/aromatic N) is 1. The van der Waals surface area contributed by atoms with Crippen LogP contribution in [0.15, 0.2) is 47.2 Å². The molecule has 3 aromatic rings. The van der Waals surface area contributed by atoms with Gasteiger partial charge in [-0.15, -0.1) is 22.7 Å². The first-order valence-electron chi connectivity index (χ1n) is 6.35. The molecule has 3 rings (SSSR count). The second-order valence-corrected chi connectivity index (χ2v) is 6.34. The molecular formula is C15H13N3OS2. The van der Waals surface area contributed by atoms with Crippen molar-refractivity contribution in [2.75, 3.05) is 11.1 Å². The molecule has 0 spiro atoms. The van der Waals surface area contributed by atoms with Crippen molar-refractivity contribution < 1.29 is 4.79 Å². The Morgan fingerprint density at radius 3 is 2.76 bits per heavy atom. The smallest absolute Gasteiger partial charge is 0.229 e. The fraction of sp³-hybridized carbons (Fsp3) is 0.0667. The van der Waals surface area contributed by atoms with Crippen LogP contribution in [0.3, 0.4) is 0 Å². The minimum atomic E-state index is -0.0342. The molecule has 0 saturated carbocycles. The summed E-state index contributed by atoms with van der Waals surface area (Å²) in [6.45, 7) is 0. The Balaban J connectivity index is 1.81. The summed E-state index contributed by atoms with van der Waals surface area (Å²) in [6.07, 6.45) is 0.380. The fourth-order valence-corrected chi connectivity index (χ4v) is 3.26. The van der Waals surface area contributed by atoms with E-state index < -0.39 is 0 Å². The molecule has 21 heavy (non-hydrogen) atoms. The fourth-order valence-electron chi connectivity index (χ4n) is 1.99. The van der Waals surface area contributed by atoms with Gasteiger partial charge in [-0.25, -0.2) is 4.98 Å². The molecule has 0 aliphatic carbocycles. The first-order chi connectivity index (χ1) is 10.2. The van der Waals surface area contributed by atoms with Crippen molar-refractivity contribution in [2.24, 2.45) is 0 Å². The number of aromatic nitrogens is 1. The van der Waals surface area contributed by atoms with E-state index >= 15 is 0 Å². The van der Waals surface area contributed by atoms with E-state index in [0.29, 0.717) is 11.6 Å². The number of amides is 1. The molecule has 1 aromatic carbocycles. The van der Waals surface area contributed by atoms with Crippen LogP contribution in [0.2, 0.25) is 0 Å². The van der Waals surface area contributed by atoms with E-state index in [1.54, 1.807) is 11.3 Å². The summed E-state index contributed by atoms with van der Waals surface area (Å²) in [5.74, 6) is -0.0342. The zero-order valence-corrected chi connectivity index (χ0v) is 12.7. The van der Waals surface area contributed by atoms with Gasteiger partial charge in [0.25, 0.3) is 0 Å². The highest BCUT2D eigenvalue weighted by Gasteiger charge is 2.11. The molecule has 2 heterocycles. The van der Waals surface area contributed by atoms with Crippen LogP contribution in [0.25, 0.3) is 11.3 Å². The van der Waals surface area contributed by atoms with E-state index in [2.05, 4.69) is 10.3 Å². The average Bonchev–Trinajstić information content (AvgIpc) is 3.11. The topological polar surface area (TPSA) is 68.0 Å². The predicted octanol–water partition coefficient (Wildman–Crippen LogP) is 3.64. The maximum Gasteiger partial charge on any atom is 0.229 e. The Morgan fingerprint density at radius 1 is 1.19 bits per heavy atom. The second-order valence-electron chi connectivity index (χ2n) is 4.42. The molecular weight excluding hydrogens is 302 g/mol. The molecule has 0 aliphatic rings. The van der Waals surface area contributed by atoms with Crippen LogP contribution < -0.4 is 11.1 Å². The van der Waals surface area contributed by atoms with Gasteiger partial charge in [-0.05, 0) is 17.5 Å². The molecule has 106 valence electrons. The first kappa shape index (κ1) is 13.8. The van der Waals surface area contributed by atoms with Crippen molar-refractivity contribution in [3.05, 3.63) is 52.0 Å². The summed E-state index contributed by atoms with van der Waals surface area (Å²) in [4.78, 5) is 17.4. The van der Waals surface area contributed by atoms with E-state index in [-0.39, 0.29) is 5.91 Å². The number of thiazole rings is 1. The van der Waals surface area contributed by atoms with Crippen molar-refractivity contribution in [2.45, 2.75) is 6.42 Å². The molecule has 0 saturated heterocycles. The monoisotopic (exact) mass is 315 g/mol. The minimum absolute atomic E-state index is 0.0342. The molecule has 0 radical (unpaired) electrons. The third-order valence-corrected chi connectivity index (χ3v) is 4.46. The number of hydrogen-bond donors (Lipinski definition) is 2. The second kappa shape index (κ2) is 6.07. The summed E-state index contributed by atoms with van der Waals surface area (Å²) in [7, 11) is 0. The number of nitrogen functional groups attached to an aromatic ring is 1. The zero-order valence-electron chi connectivity index (χ0n) is 11.1. The van der Waals surface area contributed by atoms with Crippen molar-refractivity contribution >= 4 is 39.4 Å². The van der Waals surface area contributed by atoms with Crippen LogP contribution in [0.5, 0.6) is 0 Å². The molecule has 0 atom stereocenters. The number of anilines is 2. The lowest BCUT2D eigenvalue weighted by Gasteiger charge is -2.09. The number of nitrogens with two attached hydrogens (primary N) is 1. The Hall–Kier alpha value is -2.18. The summed E-state index contributed by atoms with van der Waals surface area (Å²) < 4.78 is 0. The molecule has 0 bridgehead atoms. The van der Waals surface area contributed by atoms with E-state index in [9.17, 15) is 4.79 Å². The summed E-state index contributed by atoms with van der Waals surface area (Å²) in [5, 5.41) is 7.32. The highest BCUT2D eigenvalue weighted by Crippen LogP contribution is 2.29. The number of rotatable bonds is 4. The van der Waals surface area contributed by atoms with Crippen LogP contribution in [-0.4, -0.2) is 10.9 Å². The zero-order chi connectivity index (χ0) is 14.7. The quantitative estimate of drug-likeness (QED) is 0.772. The summed E-state index contributed by atoms with van der Waals surface area (Å²) in [5.41, 5.74) is 8.09. The van der Waals surface area contributed by atoms with E-state index in [0.717, 1.165) is 21.8 Å². The number of carbonyl (C=O) groups is 1. The molecule has 2 aromatic heterocycles. The molecule has 4 nitrogen and oxygen atoms in total.